The lowest BCUT2D eigenvalue weighted by atomic mass is 10.2. The molecule has 0 radical (unpaired) electrons. The molecule has 162 valence electrons. The smallest absolute Gasteiger partial charge is 0.255 e. The Labute approximate surface area is 184 Å². The van der Waals surface area contributed by atoms with E-state index in [1.807, 2.05) is 0 Å². The molecule has 4 aromatic rings. The molecule has 2 aromatic heterocycles. The van der Waals surface area contributed by atoms with E-state index in [1.54, 1.807) is 67.0 Å². The third-order valence-electron chi connectivity index (χ3n) is 4.37. The highest BCUT2D eigenvalue weighted by atomic mass is 32.2. The lowest BCUT2D eigenvalue weighted by molar-refractivity contribution is 0.102. The summed E-state index contributed by atoms with van der Waals surface area (Å²) in [4.78, 5) is 20.9. The van der Waals surface area contributed by atoms with E-state index < -0.39 is 10.0 Å². The summed E-state index contributed by atoms with van der Waals surface area (Å²) in [7, 11) is -3.79. The standard InChI is InChI=1S/C22H19N5O4S/c28-21(16-5-1-6-17(13-16)27-22-23-10-4-11-24-22)26-18-7-2-9-20(14-18)32(29,30)25-15-19-8-3-12-31-19/h1-14,25H,15H2,(H,26,28)(H,23,24,27). The number of carbonyl (C=O) groups excluding carboxylic acids is 1. The van der Waals surface area contributed by atoms with Crippen LogP contribution >= 0.6 is 0 Å². The van der Waals surface area contributed by atoms with Crippen molar-refractivity contribution in [3.63, 3.8) is 0 Å². The molecule has 10 heteroatoms. The first-order chi connectivity index (χ1) is 15.5. The molecule has 32 heavy (non-hydrogen) atoms. The van der Waals surface area contributed by atoms with E-state index >= 15 is 0 Å². The average molecular weight is 449 g/mol. The topological polar surface area (TPSA) is 126 Å². The third-order valence-corrected chi connectivity index (χ3v) is 5.76. The molecule has 0 unspecified atom stereocenters. The summed E-state index contributed by atoms with van der Waals surface area (Å²) in [5.41, 5.74) is 1.37. The molecular weight excluding hydrogens is 430 g/mol. The van der Waals surface area contributed by atoms with Crippen LogP contribution in [-0.2, 0) is 16.6 Å². The number of sulfonamides is 1. The number of nitrogens with one attached hydrogen (secondary N) is 3. The Balaban J connectivity index is 1.45. The molecule has 0 bridgehead atoms. The number of furan rings is 1. The molecule has 0 fully saturated rings. The van der Waals surface area contributed by atoms with Gasteiger partial charge in [-0.1, -0.05) is 12.1 Å². The van der Waals surface area contributed by atoms with E-state index in [0.29, 0.717) is 28.6 Å². The van der Waals surface area contributed by atoms with Crippen molar-refractivity contribution >= 4 is 33.3 Å². The molecule has 4 rings (SSSR count). The summed E-state index contributed by atoms with van der Waals surface area (Å²) in [6, 6.07) is 17.9. The fourth-order valence-electron chi connectivity index (χ4n) is 2.84. The first-order valence-corrected chi connectivity index (χ1v) is 11.1. The van der Waals surface area contributed by atoms with Crippen molar-refractivity contribution in [3.05, 3.63) is 96.7 Å². The molecule has 0 aliphatic carbocycles. The second kappa shape index (κ2) is 9.41. The molecule has 0 saturated heterocycles. The number of hydrogen-bond acceptors (Lipinski definition) is 7. The Kier molecular flexibility index (Phi) is 6.24. The van der Waals surface area contributed by atoms with Gasteiger partial charge >= 0.3 is 0 Å². The third kappa shape index (κ3) is 5.36. The first kappa shape index (κ1) is 21.2. The van der Waals surface area contributed by atoms with Gasteiger partial charge in [-0.2, -0.15) is 0 Å². The van der Waals surface area contributed by atoms with E-state index in [-0.39, 0.29) is 17.3 Å². The van der Waals surface area contributed by atoms with Gasteiger partial charge in [0.2, 0.25) is 16.0 Å². The maximum absolute atomic E-state index is 12.7. The zero-order valence-corrected chi connectivity index (χ0v) is 17.5. The zero-order valence-electron chi connectivity index (χ0n) is 16.7. The van der Waals surface area contributed by atoms with Crippen molar-refractivity contribution in [3.8, 4) is 0 Å². The van der Waals surface area contributed by atoms with Crippen LogP contribution in [-0.4, -0.2) is 24.3 Å². The van der Waals surface area contributed by atoms with Crippen LogP contribution in [0.4, 0.5) is 17.3 Å². The first-order valence-electron chi connectivity index (χ1n) is 9.57. The molecule has 0 atom stereocenters. The number of aromatic nitrogens is 2. The van der Waals surface area contributed by atoms with E-state index in [1.165, 1.54) is 18.4 Å². The van der Waals surface area contributed by atoms with Crippen molar-refractivity contribution in [2.75, 3.05) is 10.6 Å². The van der Waals surface area contributed by atoms with Gasteiger partial charge in [-0.25, -0.2) is 23.1 Å². The molecule has 1 amide bonds. The highest BCUT2D eigenvalue weighted by Gasteiger charge is 2.16. The number of nitrogens with zero attached hydrogens (tertiary/aromatic N) is 2. The molecule has 9 nitrogen and oxygen atoms in total. The Morgan fingerprint density at radius 3 is 2.47 bits per heavy atom. The fraction of sp³-hybridized carbons (Fsp3) is 0.0455. The van der Waals surface area contributed by atoms with Crippen molar-refractivity contribution in [2.45, 2.75) is 11.4 Å². The summed E-state index contributed by atoms with van der Waals surface area (Å²) in [5.74, 6) is 0.512. The minimum absolute atomic E-state index is 0.0246. The quantitative estimate of drug-likeness (QED) is 0.375. The number of carbonyl (C=O) groups is 1. The minimum Gasteiger partial charge on any atom is -0.468 e. The normalized spacial score (nSPS) is 11.1. The van der Waals surface area contributed by atoms with Gasteiger partial charge in [0.25, 0.3) is 5.91 Å². The van der Waals surface area contributed by atoms with Crippen LogP contribution in [0.25, 0.3) is 0 Å². The number of benzene rings is 2. The van der Waals surface area contributed by atoms with E-state index in [0.717, 1.165) is 0 Å². The van der Waals surface area contributed by atoms with Crippen molar-refractivity contribution in [1.82, 2.24) is 14.7 Å². The van der Waals surface area contributed by atoms with Gasteiger partial charge in [0, 0.05) is 29.3 Å². The Bertz CT molecular complexity index is 1310. The predicted octanol–water partition coefficient (Wildman–Crippen LogP) is 3.54. The molecule has 2 aromatic carbocycles. The summed E-state index contributed by atoms with van der Waals surface area (Å²) >= 11 is 0. The highest BCUT2D eigenvalue weighted by Crippen LogP contribution is 2.19. The lowest BCUT2D eigenvalue weighted by Gasteiger charge is -2.10. The number of hydrogen-bond donors (Lipinski definition) is 3. The molecule has 2 heterocycles. The summed E-state index contributed by atoms with van der Waals surface area (Å²) in [6.07, 6.45) is 4.68. The van der Waals surface area contributed by atoms with Crippen LogP contribution in [0.15, 0.2) is 94.7 Å². The fourth-order valence-corrected chi connectivity index (χ4v) is 3.88. The van der Waals surface area contributed by atoms with E-state index in [2.05, 4.69) is 25.3 Å². The molecule has 0 spiro atoms. The summed E-state index contributed by atoms with van der Waals surface area (Å²) < 4.78 is 32.7. The second-order valence-corrected chi connectivity index (χ2v) is 8.43. The monoisotopic (exact) mass is 449 g/mol. The van der Waals surface area contributed by atoms with Gasteiger partial charge in [-0.3, -0.25) is 4.79 Å². The number of anilines is 3. The van der Waals surface area contributed by atoms with Gasteiger partial charge in [-0.15, -0.1) is 0 Å². The minimum atomic E-state index is -3.79. The maximum atomic E-state index is 12.7. The van der Waals surface area contributed by atoms with E-state index in [9.17, 15) is 13.2 Å². The van der Waals surface area contributed by atoms with Crippen molar-refractivity contribution < 1.29 is 17.6 Å². The van der Waals surface area contributed by atoms with Crippen LogP contribution in [0.2, 0.25) is 0 Å². The van der Waals surface area contributed by atoms with E-state index in [4.69, 9.17) is 4.42 Å². The average Bonchev–Trinajstić information content (AvgIpc) is 3.33. The Hall–Kier alpha value is -4.02. The molecule has 0 aliphatic rings. The molecule has 0 aliphatic heterocycles. The SMILES string of the molecule is O=C(Nc1cccc(S(=O)(=O)NCc2ccco2)c1)c1cccc(Nc2ncccn2)c1. The van der Waals surface area contributed by atoms with Crippen LogP contribution < -0.4 is 15.4 Å². The van der Waals surface area contributed by atoms with Crippen LogP contribution in [0, 0.1) is 0 Å². The summed E-state index contributed by atoms with van der Waals surface area (Å²) in [5, 5.41) is 5.74. The van der Waals surface area contributed by atoms with Crippen LogP contribution in [0.1, 0.15) is 16.1 Å². The van der Waals surface area contributed by atoms with Gasteiger partial charge in [0.1, 0.15) is 5.76 Å². The Morgan fingerprint density at radius 1 is 0.906 bits per heavy atom. The van der Waals surface area contributed by atoms with Crippen LogP contribution in [0.5, 0.6) is 0 Å². The summed E-state index contributed by atoms with van der Waals surface area (Å²) in [6.45, 7) is 0.0246. The number of amides is 1. The van der Waals surface area contributed by atoms with Gasteiger partial charge < -0.3 is 15.1 Å². The lowest BCUT2D eigenvalue weighted by Crippen LogP contribution is -2.23. The highest BCUT2D eigenvalue weighted by molar-refractivity contribution is 7.89. The van der Waals surface area contributed by atoms with Gasteiger partial charge in [-0.05, 0) is 54.6 Å². The maximum Gasteiger partial charge on any atom is 0.255 e. The Morgan fingerprint density at radius 2 is 1.69 bits per heavy atom. The van der Waals surface area contributed by atoms with Crippen molar-refractivity contribution in [2.24, 2.45) is 0 Å². The zero-order chi connectivity index (χ0) is 22.4. The van der Waals surface area contributed by atoms with Gasteiger partial charge in [0.15, 0.2) is 0 Å². The van der Waals surface area contributed by atoms with Crippen LogP contribution in [0.3, 0.4) is 0 Å². The van der Waals surface area contributed by atoms with Gasteiger partial charge in [0.05, 0.1) is 17.7 Å². The molecular formula is C22H19N5O4S. The second-order valence-electron chi connectivity index (χ2n) is 6.66. The molecule has 3 N–H and O–H groups in total. The van der Waals surface area contributed by atoms with Crippen molar-refractivity contribution in [1.29, 1.82) is 0 Å². The number of rotatable bonds is 8. The largest absolute Gasteiger partial charge is 0.468 e. The molecule has 0 saturated carbocycles. The predicted molar refractivity (Wildman–Crippen MR) is 119 cm³/mol.